The fourth-order valence-electron chi connectivity index (χ4n) is 2.59. The van der Waals surface area contributed by atoms with Gasteiger partial charge in [0.05, 0.1) is 9.47 Å². The first-order valence-electron chi connectivity index (χ1n) is 8.20. The molecule has 1 atom stereocenters. The number of rotatable bonds is 7. The highest BCUT2D eigenvalue weighted by Crippen LogP contribution is 2.33. The lowest BCUT2D eigenvalue weighted by molar-refractivity contribution is -0.128. The number of nitrogens with zero attached hydrogens (tertiary/aromatic N) is 1. The number of hydrogen-bond donors (Lipinski definition) is 1. The molecule has 0 unspecified atom stereocenters. The third kappa shape index (κ3) is 4.81. The van der Waals surface area contributed by atoms with E-state index >= 15 is 0 Å². The highest BCUT2D eigenvalue weighted by molar-refractivity contribution is 9.11. The number of hydrogen-bond acceptors (Lipinski definition) is 5. The molecule has 2 aromatic rings. The lowest BCUT2D eigenvalue weighted by Crippen LogP contribution is -2.49. The fourth-order valence-corrected chi connectivity index (χ4v) is 5.04. The van der Waals surface area contributed by atoms with Crippen LogP contribution in [0.5, 0.6) is 5.75 Å². The third-order valence-electron chi connectivity index (χ3n) is 3.82. The third-order valence-corrected chi connectivity index (χ3v) is 6.63. The van der Waals surface area contributed by atoms with Crippen molar-refractivity contribution in [3.8, 4) is 5.75 Å². The van der Waals surface area contributed by atoms with Crippen LogP contribution in [0.2, 0.25) is 0 Å². The molecule has 1 aliphatic rings. The van der Waals surface area contributed by atoms with Crippen molar-refractivity contribution in [2.75, 3.05) is 23.7 Å². The number of para-hydroxylation sites is 2. The summed E-state index contributed by atoms with van der Waals surface area (Å²) in [6.07, 6.45) is -0.585. The van der Waals surface area contributed by atoms with Gasteiger partial charge in [-0.05, 0) is 47.1 Å². The minimum absolute atomic E-state index is 0.00604. The Morgan fingerprint density at radius 3 is 2.92 bits per heavy atom. The molecular weight excluding hydrogens is 436 g/mol. The van der Waals surface area contributed by atoms with Crippen LogP contribution in [-0.2, 0) is 15.3 Å². The summed E-state index contributed by atoms with van der Waals surface area (Å²) >= 11 is 6.95. The number of benzene rings is 1. The van der Waals surface area contributed by atoms with Crippen molar-refractivity contribution in [1.29, 1.82) is 0 Å². The van der Waals surface area contributed by atoms with E-state index in [0.29, 0.717) is 18.0 Å². The second-order valence-electron chi connectivity index (χ2n) is 5.76. The zero-order valence-electron chi connectivity index (χ0n) is 14.2. The van der Waals surface area contributed by atoms with Gasteiger partial charge in [-0.3, -0.25) is 14.5 Å². The first-order chi connectivity index (χ1) is 12.5. The molecule has 1 aromatic heterocycles. The fraction of sp³-hybridized carbons (Fsp3) is 0.333. The Hall–Kier alpha value is -1.51. The molecule has 0 spiro atoms. The van der Waals surface area contributed by atoms with Crippen LogP contribution in [0, 0.1) is 0 Å². The van der Waals surface area contributed by atoms with Crippen molar-refractivity contribution in [2.45, 2.75) is 18.8 Å². The van der Waals surface area contributed by atoms with Gasteiger partial charge in [-0.15, -0.1) is 11.3 Å². The number of amides is 2. The van der Waals surface area contributed by atoms with Crippen molar-refractivity contribution in [3.63, 3.8) is 0 Å². The molecule has 3 rings (SSSR count). The zero-order valence-corrected chi connectivity index (χ0v) is 17.5. The van der Waals surface area contributed by atoms with Gasteiger partial charge in [-0.2, -0.15) is 11.8 Å². The summed E-state index contributed by atoms with van der Waals surface area (Å²) in [5, 5.41) is 2.89. The molecule has 2 amide bonds. The van der Waals surface area contributed by atoms with E-state index in [9.17, 15) is 9.59 Å². The summed E-state index contributed by atoms with van der Waals surface area (Å²) in [5.74, 6) is 2.02. The van der Waals surface area contributed by atoms with E-state index in [1.54, 1.807) is 36.1 Å². The quantitative estimate of drug-likeness (QED) is 0.648. The van der Waals surface area contributed by atoms with Crippen LogP contribution >= 0.6 is 39.0 Å². The van der Waals surface area contributed by atoms with Crippen molar-refractivity contribution in [3.05, 3.63) is 45.1 Å². The highest BCUT2D eigenvalue weighted by atomic mass is 79.9. The van der Waals surface area contributed by atoms with E-state index in [1.165, 1.54) is 9.78 Å². The number of ether oxygens (including phenoxy) is 1. The number of fused-ring (bicyclic) bond motifs is 1. The summed E-state index contributed by atoms with van der Waals surface area (Å²) in [6.45, 7) is 2.28. The summed E-state index contributed by atoms with van der Waals surface area (Å²) in [4.78, 5) is 27.4. The van der Waals surface area contributed by atoms with Crippen molar-refractivity contribution in [1.82, 2.24) is 5.32 Å². The summed E-state index contributed by atoms with van der Waals surface area (Å²) < 4.78 is 6.71. The molecule has 1 aliphatic heterocycles. The Kier molecular flexibility index (Phi) is 6.61. The molecule has 2 heterocycles. The van der Waals surface area contributed by atoms with E-state index in [-0.39, 0.29) is 18.4 Å². The van der Waals surface area contributed by atoms with Crippen LogP contribution in [0.1, 0.15) is 11.8 Å². The average molecular weight is 455 g/mol. The van der Waals surface area contributed by atoms with Gasteiger partial charge in [0.2, 0.25) is 5.91 Å². The molecule has 0 aliphatic carbocycles. The predicted molar refractivity (Wildman–Crippen MR) is 110 cm³/mol. The molecule has 0 bridgehead atoms. The molecule has 0 saturated heterocycles. The lowest BCUT2D eigenvalue weighted by atomic mass is 10.2. The molecule has 8 heteroatoms. The Labute approximate surface area is 169 Å². The van der Waals surface area contributed by atoms with Crippen LogP contribution in [0.25, 0.3) is 0 Å². The maximum atomic E-state index is 12.4. The highest BCUT2D eigenvalue weighted by Gasteiger charge is 2.32. The Morgan fingerprint density at radius 2 is 2.15 bits per heavy atom. The smallest absolute Gasteiger partial charge is 0.268 e. The lowest BCUT2D eigenvalue weighted by Gasteiger charge is -2.32. The molecule has 1 aromatic carbocycles. The van der Waals surface area contributed by atoms with Crippen molar-refractivity contribution in [2.24, 2.45) is 0 Å². The van der Waals surface area contributed by atoms with Gasteiger partial charge in [0.1, 0.15) is 12.3 Å². The summed E-state index contributed by atoms with van der Waals surface area (Å²) in [5.41, 5.74) is 0.642. The van der Waals surface area contributed by atoms with Crippen LogP contribution in [0.3, 0.4) is 0 Å². The SMILES string of the molecule is C[C@H]1Oc2ccccc2N(CC(=O)NCCSCc2ccc(Br)s2)C1=O. The molecule has 0 saturated carbocycles. The van der Waals surface area contributed by atoms with E-state index < -0.39 is 6.10 Å². The van der Waals surface area contributed by atoms with Crippen LogP contribution in [0.15, 0.2) is 40.2 Å². The normalized spacial score (nSPS) is 16.2. The number of anilines is 1. The van der Waals surface area contributed by atoms with E-state index in [2.05, 4.69) is 27.3 Å². The topological polar surface area (TPSA) is 58.6 Å². The molecule has 138 valence electrons. The molecule has 1 N–H and O–H groups in total. The van der Waals surface area contributed by atoms with Gasteiger partial charge < -0.3 is 10.1 Å². The van der Waals surface area contributed by atoms with Crippen molar-refractivity contribution < 1.29 is 14.3 Å². The summed E-state index contributed by atoms with van der Waals surface area (Å²) in [7, 11) is 0. The monoisotopic (exact) mass is 454 g/mol. The minimum atomic E-state index is -0.585. The number of carbonyl (C=O) groups is 2. The second kappa shape index (κ2) is 8.92. The number of halogens is 1. The molecule has 26 heavy (non-hydrogen) atoms. The van der Waals surface area contributed by atoms with Gasteiger partial charge in [-0.25, -0.2) is 0 Å². The molecule has 5 nitrogen and oxygen atoms in total. The van der Waals surface area contributed by atoms with E-state index in [4.69, 9.17) is 4.74 Å². The molecule has 0 radical (unpaired) electrons. The minimum Gasteiger partial charge on any atom is -0.479 e. The van der Waals surface area contributed by atoms with Gasteiger partial charge in [-0.1, -0.05) is 12.1 Å². The maximum Gasteiger partial charge on any atom is 0.268 e. The zero-order chi connectivity index (χ0) is 18.5. The van der Waals surface area contributed by atoms with E-state index in [1.807, 2.05) is 24.3 Å². The van der Waals surface area contributed by atoms with Gasteiger partial charge in [0, 0.05) is 22.9 Å². The van der Waals surface area contributed by atoms with Gasteiger partial charge in [0.25, 0.3) is 5.91 Å². The average Bonchev–Trinajstić information content (AvgIpc) is 3.04. The summed E-state index contributed by atoms with van der Waals surface area (Å²) in [6, 6.07) is 11.4. The van der Waals surface area contributed by atoms with Crippen LogP contribution < -0.4 is 15.0 Å². The Bertz CT molecular complexity index is 796. The number of nitrogens with one attached hydrogen (secondary N) is 1. The first-order valence-corrected chi connectivity index (χ1v) is 11.0. The Morgan fingerprint density at radius 1 is 1.35 bits per heavy atom. The number of carbonyl (C=O) groups excluding carboxylic acids is 2. The second-order valence-corrected chi connectivity index (χ2v) is 9.41. The van der Waals surface area contributed by atoms with E-state index in [0.717, 1.165) is 15.3 Å². The van der Waals surface area contributed by atoms with Crippen molar-refractivity contribution >= 4 is 56.5 Å². The number of thioether (sulfide) groups is 1. The standard InChI is InChI=1S/C18H19BrN2O3S2/c1-12-18(23)21(14-4-2-3-5-15(14)24-12)10-17(22)20-8-9-25-11-13-6-7-16(19)26-13/h2-7,12H,8-11H2,1H3,(H,20,22)/t12-/m1/s1. The predicted octanol–water partition coefficient (Wildman–Crippen LogP) is 3.67. The maximum absolute atomic E-state index is 12.4. The van der Waals surface area contributed by atoms with Gasteiger partial charge in [0.15, 0.2) is 6.10 Å². The Balaban J connectivity index is 1.46. The molecule has 0 fully saturated rings. The largest absolute Gasteiger partial charge is 0.479 e. The molecular formula is C18H19BrN2O3S2. The van der Waals surface area contributed by atoms with Crippen LogP contribution in [0.4, 0.5) is 5.69 Å². The number of thiophene rings is 1. The van der Waals surface area contributed by atoms with Gasteiger partial charge >= 0.3 is 0 Å². The first kappa shape index (κ1) is 19.3. The van der Waals surface area contributed by atoms with Crippen LogP contribution in [-0.4, -0.2) is 36.8 Å².